The van der Waals surface area contributed by atoms with E-state index in [4.69, 9.17) is 21.1 Å². The van der Waals surface area contributed by atoms with E-state index >= 15 is 0 Å². The van der Waals surface area contributed by atoms with Crippen molar-refractivity contribution in [2.45, 2.75) is 32.6 Å². The molecule has 1 aromatic heterocycles. The molecule has 0 saturated carbocycles. The minimum atomic E-state index is -0.672. The van der Waals surface area contributed by atoms with Gasteiger partial charge in [-0.05, 0) is 67.1 Å². The third-order valence-corrected chi connectivity index (χ3v) is 4.94. The van der Waals surface area contributed by atoms with Crippen LogP contribution in [0.1, 0.15) is 38.2 Å². The van der Waals surface area contributed by atoms with Crippen molar-refractivity contribution < 1.29 is 22.9 Å². The van der Waals surface area contributed by atoms with Gasteiger partial charge in [-0.15, -0.1) is 4.68 Å². The lowest BCUT2D eigenvalue weighted by Gasteiger charge is -2.13. The van der Waals surface area contributed by atoms with E-state index in [2.05, 4.69) is 10.1 Å². The first-order chi connectivity index (χ1) is 15.0. The fraction of sp³-hybridized carbons (Fsp3) is 0.304. The number of ether oxygens (including phenoxy) is 2. The number of unbranched alkanes of at least 4 members (excludes halogenated alkanes) is 3. The van der Waals surface area contributed by atoms with E-state index in [0.29, 0.717) is 29.7 Å². The lowest BCUT2D eigenvalue weighted by atomic mass is 10.1. The van der Waals surface area contributed by atoms with E-state index in [1.165, 1.54) is 18.5 Å². The minimum Gasteiger partial charge on any atom is -0.494 e. The van der Waals surface area contributed by atoms with Crippen LogP contribution in [0.2, 0.25) is 5.02 Å². The summed E-state index contributed by atoms with van der Waals surface area (Å²) in [6, 6.07) is 10.7. The molecule has 3 aromatic rings. The Bertz CT molecular complexity index is 993. The molecule has 0 amide bonds. The molecule has 0 saturated heterocycles. The van der Waals surface area contributed by atoms with Gasteiger partial charge in [-0.2, -0.15) is 5.10 Å². The summed E-state index contributed by atoms with van der Waals surface area (Å²) in [7, 11) is 0. The highest BCUT2D eigenvalue weighted by Gasteiger charge is 2.18. The lowest BCUT2D eigenvalue weighted by molar-refractivity contribution is -0.643. The Kier molecular flexibility index (Phi) is 8.41. The number of aromatic nitrogens is 3. The van der Waals surface area contributed by atoms with E-state index in [-0.39, 0.29) is 5.56 Å². The molecule has 0 radical (unpaired) electrons. The first kappa shape index (κ1) is 22.7. The van der Waals surface area contributed by atoms with Crippen LogP contribution in [0, 0.1) is 11.6 Å². The van der Waals surface area contributed by atoms with Crippen LogP contribution in [0.25, 0.3) is 11.5 Å². The van der Waals surface area contributed by atoms with Crippen LogP contribution in [0.15, 0.2) is 55.1 Å². The molecule has 8 heteroatoms. The fourth-order valence-electron chi connectivity index (χ4n) is 3.03. The van der Waals surface area contributed by atoms with Crippen molar-refractivity contribution in [3.05, 3.63) is 77.3 Å². The van der Waals surface area contributed by atoms with E-state index in [1.807, 2.05) is 12.1 Å². The Hall–Kier alpha value is -2.93. The summed E-state index contributed by atoms with van der Waals surface area (Å²) in [6.45, 7) is 2.82. The zero-order valence-corrected chi connectivity index (χ0v) is 18.0. The fourth-order valence-corrected chi connectivity index (χ4v) is 3.15. The van der Waals surface area contributed by atoms with Gasteiger partial charge in [0, 0.05) is 18.0 Å². The van der Waals surface area contributed by atoms with Gasteiger partial charge in [0.15, 0.2) is 11.5 Å². The number of hydrogen-bond acceptors (Lipinski definition) is 3. The van der Waals surface area contributed by atoms with E-state index in [1.54, 1.807) is 30.1 Å². The van der Waals surface area contributed by atoms with Gasteiger partial charge in [0.1, 0.15) is 17.4 Å². The number of nitrogens with one attached hydrogen (secondary N) is 1. The summed E-state index contributed by atoms with van der Waals surface area (Å²) in [4.78, 5) is 3.97. The van der Waals surface area contributed by atoms with E-state index < -0.39 is 11.6 Å². The van der Waals surface area contributed by atoms with E-state index in [0.717, 1.165) is 37.5 Å². The molecule has 3 rings (SSSR count). The maximum absolute atomic E-state index is 14.4. The SMILES string of the molecule is C/C(=C(/OCCCCCCOc1ccc(Cl)cc1)c1ccc(F)cc1F)[n+]1cnc[nH]1. The normalized spacial score (nSPS) is 11.9. The summed E-state index contributed by atoms with van der Waals surface area (Å²) in [5.74, 6) is -0.157. The smallest absolute Gasteiger partial charge is 0.311 e. The van der Waals surface area contributed by atoms with Crippen molar-refractivity contribution in [2.75, 3.05) is 13.2 Å². The summed E-state index contributed by atoms with van der Waals surface area (Å²) in [5, 5.41) is 3.59. The topological polar surface area (TPSA) is 51.0 Å². The average Bonchev–Trinajstić information content (AvgIpc) is 3.29. The molecule has 0 fully saturated rings. The summed E-state index contributed by atoms with van der Waals surface area (Å²) in [5.41, 5.74) is 0.830. The van der Waals surface area contributed by atoms with Gasteiger partial charge >= 0.3 is 6.33 Å². The minimum absolute atomic E-state index is 0.206. The number of aromatic amines is 1. The Morgan fingerprint density at radius 3 is 2.45 bits per heavy atom. The molecule has 1 N–H and O–H groups in total. The molecule has 0 aliphatic rings. The van der Waals surface area contributed by atoms with Gasteiger partial charge in [-0.3, -0.25) is 0 Å². The van der Waals surface area contributed by atoms with Crippen LogP contribution < -0.4 is 9.42 Å². The molecule has 0 spiro atoms. The van der Waals surface area contributed by atoms with Gasteiger partial charge in [0.25, 0.3) is 0 Å². The van der Waals surface area contributed by atoms with Gasteiger partial charge in [0.2, 0.25) is 6.33 Å². The summed E-state index contributed by atoms with van der Waals surface area (Å²) < 4.78 is 40.9. The second-order valence-corrected chi connectivity index (χ2v) is 7.43. The molecule has 31 heavy (non-hydrogen) atoms. The largest absolute Gasteiger partial charge is 0.494 e. The number of hydrogen-bond donors (Lipinski definition) is 1. The number of rotatable bonds is 11. The van der Waals surface area contributed by atoms with Gasteiger partial charge < -0.3 is 9.47 Å². The second kappa shape index (κ2) is 11.5. The molecule has 0 atom stereocenters. The number of allylic oxidation sites excluding steroid dienone is 1. The third-order valence-electron chi connectivity index (χ3n) is 4.69. The van der Waals surface area contributed by atoms with Crippen molar-refractivity contribution in [1.82, 2.24) is 10.1 Å². The number of benzene rings is 2. The standard InChI is InChI=1S/C23H24ClF2N3O2/c1-17(29-16-27-15-28-29)23(21-11-8-19(25)14-22(21)26)31-13-5-3-2-4-12-30-20-9-6-18(24)7-10-20/h6-11,14-16H,2-5,12-13H2,1H3/p+1/b23-17-. The highest BCUT2D eigenvalue weighted by atomic mass is 35.5. The molecule has 1 heterocycles. The highest BCUT2D eigenvalue weighted by molar-refractivity contribution is 6.30. The zero-order chi connectivity index (χ0) is 22.1. The third kappa shape index (κ3) is 6.79. The number of nitrogens with zero attached hydrogens (tertiary/aromatic N) is 2. The average molecular weight is 449 g/mol. The van der Waals surface area contributed by atoms with Crippen LogP contribution >= 0.6 is 11.6 Å². The second-order valence-electron chi connectivity index (χ2n) is 7.00. The van der Waals surface area contributed by atoms with E-state index in [9.17, 15) is 8.78 Å². The molecule has 5 nitrogen and oxygen atoms in total. The zero-order valence-electron chi connectivity index (χ0n) is 17.3. The predicted octanol–water partition coefficient (Wildman–Crippen LogP) is 5.63. The molecule has 164 valence electrons. The van der Waals surface area contributed by atoms with Crippen molar-refractivity contribution in [1.29, 1.82) is 0 Å². The molecular formula is C23H25ClF2N3O2+. The molecular weight excluding hydrogens is 424 g/mol. The number of halogens is 3. The maximum atomic E-state index is 14.4. The monoisotopic (exact) mass is 448 g/mol. The first-order valence-corrected chi connectivity index (χ1v) is 10.5. The van der Waals surface area contributed by atoms with Crippen LogP contribution in [-0.2, 0) is 4.74 Å². The Morgan fingerprint density at radius 1 is 1.03 bits per heavy atom. The quantitative estimate of drug-likeness (QED) is 0.235. The number of H-pyrrole nitrogens is 1. The maximum Gasteiger partial charge on any atom is 0.311 e. The van der Waals surface area contributed by atoms with Crippen molar-refractivity contribution in [3.63, 3.8) is 0 Å². The first-order valence-electron chi connectivity index (χ1n) is 10.1. The van der Waals surface area contributed by atoms with Gasteiger partial charge in [-0.1, -0.05) is 11.6 Å². The van der Waals surface area contributed by atoms with Crippen molar-refractivity contribution in [3.8, 4) is 5.75 Å². The van der Waals surface area contributed by atoms with Crippen LogP contribution in [0.3, 0.4) is 0 Å². The molecule has 0 bridgehead atoms. The lowest BCUT2D eigenvalue weighted by Crippen LogP contribution is -2.33. The van der Waals surface area contributed by atoms with Crippen molar-refractivity contribution in [2.24, 2.45) is 0 Å². The molecule has 0 aliphatic heterocycles. The molecule has 0 aliphatic carbocycles. The molecule has 2 aromatic carbocycles. The Morgan fingerprint density at radius 2 is 1.77 bits per heavy atom. The summed E-state index contributed by atoms with van der Waals surface area (Å²) >= 11 is 5.86. The van der Waals surface area contributed by atoms with Gasteiger partial charge in [-0.25, -0.2) is 8.78 Å². The van der Waals surface area contributed by atoms with Crippen LogP contribution in [0.4, 0.5) is 8.78 Å². The summed E-state index contributed by atoms with van der Waals surface area (Å²) in [6.07, 6.45) is 6.71. The molecule has 0 unspecified atom stereocenters. The van der Waals surface area contributed by atoms with Gasteiger partial charge in [0.05, 0.1) is 18.8 Å². The van der Waals surface area contributed by atoms with Crippen LogP contribution in [-0.4, -0.2) is 23.3 Å². The van der Waals surface area contributed by atoms with Crippen LogP contribution in [0.5, 0.6) is 5.75 Å². The Labute approximate surface area is 185 Å². The highest BCUT2D eigenvalue weighted by Crippen LogP contribution is 2.24. The van der Waals surface area contributed by atoms with Crippen molar-refractivity contribution >= 4 is 23.1 Å². The Balaban J connectivity index is 1.48. The predicted molar refractivity (Wildman–Crippen MR) is 115 cm³/mol.